The highest BCUT2D eigenvalue weighted by atomic mass is 35.5. The van der Waals surface area contributed by atoms with Gasteiger partial charge in [0.2, 0.25) is 5.91 Å². The fourth-order valence-electron chi connectivity index (χ4n) is 4.90. The fraction of sp³-hybridized carbons (Fsp3) is 0.250. The highest BCUT2D eigenvalue weighted by Crippen LogP contribution is 2.27. The molecule has 1 atom stereocenters. The topological polar surface area (TPSA) is 69.6 Å². The van der Waals surface area contributed by atoms with E-state index in [2.05, 4.69) is 15.1 Å². The molecular weight excluding hydrogens is 522 g/mol. The van der Waals surface area contributed by atoms with E-state index in [1.165, 1.54) is 0 Å². The average molecular weight is 554 g/mol. The molecule has 0 radical (unpaired) electrons. The molecule has 3 aromatic carbocycles. The predicted octanol–water partition coefficient (Wildman–Crippen LogP) is 5.66. The lowest BCUT2D eigenvalue weighted by molar-refractivity contribution is -0.132. The molecule has 0 bridgehead atoms. The summed E-state index contributed by atoms with van der Waals surface area (Å²) < 4.78 is 0. The molecule has 7 nitrogen and oxygen atoms in total. The monoisotopic (exact) mass is 553 g/mol. The Kier molecular flexibility index (Phi) is 8.41. The van der Waals surface area contributed by atoms with E-state index in [0.717, 1.165) is 22.5 Å². The molecular formula is C32H32ClN5O2. The van der Waals surface area contributed by atoms with Crippen LogP contribution in [0, 0.1) is 6.92 Å². The first kappa shape index (κ1) is 27.3. The minimum Gasteiger partial charge on any atom is -0.352 e. The maximum absolute atomic E-state index is 13.6. The Bertz CT molecular complexity index is 1450. The Labute approximate surface area is 240 Å². The van der Waals surface area contributed by atoms with Crippen molar-refractivity contribution in [2.24, 2.45) is 0 Å². The summed E-state index contributed by atoms with van der Waals surface area (Å²) in [6.07, 6.45) is 0. The lowest BCUT2D eigenvalue weighted by Crippen LogP contribution is -2.52. The molecule has 0 spiro atoms. The van der Waals surface area contributed by atoms with Gasteiger partial charge in [-0.3, -0.25) is 9.59 Å². The minimum atomic E-state index is -0.257. The average Bonchev–Trinajstić information content (AvgIpc) is 3.00. The first-order chi connectivity index (χ1) is 19.4. The van der Waals surface area contributed by atoms with E-state index < -0.39 is 0 Å². The standard InChI is InChI=1S/C32H32ClN5O2/c1-23-12-14-26(15-13-23)32(40)38(24(2)25-8-4-3-5-9-25)22-31(39)37-20-18-36(19-21-37)30-17-16-29(34-35-30)27-10-6-7-11-28(27)33/h3-17,24H,18-22H2,1-2H3/t24-/m0/s1. The Morgan fingerprint density at radius 2 is 1.52 bits per heavy atom. The first-order valence-corrected chi connectivity index (χ1v) is 13.8. The third-order valence-electron chi connectivity index (χ3n) is 7.37. The molecule has 0 unspecified atom stereocenters. The summed E-state index contributed by atoms with van der Waals surface area (Å²) in [6.45, 7) is 6.31. The minimum absolute atomic E-state index is 0.00904. The summed E-state index contributed by atoms with van der Waals surface area (Å²) in [4.78, 5) is 32.7. The Morgan fingerprint density at radius 1 is 0.850 bits per heavy atom. The van der Waals surface area contributed by atoms with Gasteiger partial charge in [-0.15, -0.1) is 10.2 Å². The van der Waals surface area contributed by atoms with E-state index >= 15 is 0 Å². The van der Waals surface area contributed by atoms with Crippen LogP contribution >= 0.6 is 11.6 Å². The zero-order chi connectivity index (χ0) is 28.1. The quantitative estimate of drug-likeness (QED) is 0.295. The van der Waals surface area contributed by atoms with E-state index in [-0.39, 0.29) is 24.4 Å². The van der Waals surface area contributed by atoms with Gasteiger partial charge < -0.3 is 14.7 Å². The molecule has 0 saturated carbocycles. The normalized spacial score (nSPS) is 14.1. The number of anilines is 1. The number of aryl methyl sites for hydroxylation is 1. The number of carbonyl (C=O) groups is 2. The molecule has 5 rings (SSSR count). The lowest BCUT2D eigenvalue weighted by atomic mass is 10.0. The molecule has 0 aliphatic carbocycles. The van der Waals surface area contributed by atoms with Crippen LogP contribution in [0.1, 0.15) is 34.5 Å². The third kappa shape index (κ3) is 6.15. The van der Waals surface area contributed by atoms with Crippen LogP contribution in [0.3, 0.4) is 0 Å². The van der Waals surface area contributed by atoms with Crippen molar-refractivity contribution in [1.82, 2.24) is 20.0 Å². The van der Waals surface area contributed by atoms with Gasteiger partial charge in [0.15, 0.2) is 5.82 Å². The molecule has 8 heteroatoms. The van der Waals surface area contributed by atoms with Crippen molar-refractivity contribution in [2.45, 2.75) is 19.9 Å². The van der Waals surface area contributed by atoms with Crippen molar-refractivity contribution in [1.29, 1.82) is 0 Å². The van der Waals surface area contributed by atoms with Crippen LogP contribution in [0.5, 0.6) is 0 Å². The van der Waals surface area contributed by atoms with Crippen LogP contribution in [0.15, 0.2) is 91.0 Å². The van der Waals surface area contributed by atoms with Crippen LogP contribution < -0.4 is 4.90 Å². The molecule has 1 aliphatic heterocycles. The smallest absolute Gasteiger partial charge is 0.254 e. The molecule has 1 aromatic heterocycles. The van der Waals surface area contributed by atoms with Gasteiger partial charge in [0, 0.05) is 37.3 Å². The number of rotatable bonds is 7. The summed E-state index contributed by atoms with van der Waals surface area (Å²) in [6, 6.07) is 28.5. The molecule has 204 valence electrons. The summed E-state index contributed by atoms with van der Waals surface area (Å²) in [5.74, 6) is 0.539. The van der Waals surface area contributed by atoms with Gasteiger partial charge in [-0.2, -0.15) is 0 Å². The summed E-state index contributed by atoms with van der Waals surface area (Å²) in [5.41, 5.74) is 4.20. The molecule has 2 heterocycles. The van der Waals surface area contributed by atoms with Gasteiger partial charge in [0.25, 0.3) is 5.91 Å². The number of carbonyl (C=O) groups excluding carboxylic acids is 2. The second-order valence-corrected chi connectivity index (χ2v) is 10.4. The Balaban J connectivity index is 1.25. The second-order valence-electron chi connectivity index (χ2n) is 10.0. The van der Waals surface area contributed by atoms with Crippen molar-refractivity contribution in [3.8, 4) is 11.3 Å². The zero-order valence-corrected chi connectivity index (χ0v) is 23.5. The third-order valence-corrected chi connectivity index (χ3v) is 7.70. The summed E-state index contributed by atoms with van der Waals surface area (Å²) in [7, 11) is 0. The highest BCUT2D eigenvalue weighted by Gasteiger charge is 2.29. The van der Waals surface area contributed by atoms with Crippen LogP contribution in [0.25, 0.3) is 11.3 Å². The molecule has 1 aliphatic rings. The van der Waals surface area contributed by atoms with E-state index in [1.807, 2.05) is 110 Å². The van der Waals surface area contributed by atoms with Crippen molar-refractivity contribution < 1.29 is 9.59 Å². The van der Waals surface area contributed by atoms with E-state index in [0.29, 0.717) is 42.5 Å². The number of piperazine rings is 1. The fourth-order valence-corrected chi connectivity index (χ4v) is 5.13. The van der Waals surface area contributed by atoms with Gasteiger partial charge in [-0.1, -0.05) is 77.8 Å². The Morgan fingerprint density at radius 3 is 2.17 bits per heavy atom. The van der Waals surface area contributed by atoms with Gasteiger partial charge in [0.1, 0.15) is 6.54 Å². The van der Waals surface area contributed by atoms with Crippen molar-refractivity contribution >= 4 is 29.2 Å². The van der Waals surface area contributed by atoms with E-state index in [4.69, 9.17) is 11.6 Å². The van der Waals surface area contributed by atoms with E-state index in [1.54, 1.807) is 4.90 Å². The first-order valence-electron chi connectivity index (χ1n) is 13.4. The van der Waals surface area contributed by atoms with Gasteiger partial charge in [-0.25, -0.2) is 0 Å². The number of aromatic nitrogens is 2. The number of hydrogen-bond donors (Lipinski definition) is 0. The van der Waals surface area contributed by atoms with Gasteiger partial charge in [-0.05, 0) is 49.7 Å². The molecule has 40 heavy (non-hydrogen) atoms. The van der Waals surface area contributed by atoms with Gasteiger partial charge >= 0.3 is 0 Å². The number of nitrogens with zero attached hydrogens (tertiary/aromatic N) is 5. The van der Waals surface area contributed by atoms with Crippen molar-refractivity contribution in [3.05, 3.63) is 113 Å². The second kappa shape index (κ2) is 12.3. The molecule has 1 fully saturated rings. The maximum atomic E-state index is 13.6. The predicted molar refractivity (Wildman–Crippen MR) is 158 cm³/mol. The number of hydrogen-bond acceptors (Lipinski definition) is 5. The SMILES string of the molecule is Cc1ccc(C(=O)N(CC(=O)N2CCN(c3ccc(-c4ccccc4Cl)nn3)CC2)[C@@H](C)c2ccccc2)cc1. The number of amides is 2. The van der Waals surface area contributed by atoms with Crippen molar-refractivity contribution in [3.63, 3.8) is 0 Å². The van der Waals surface area contributed by atoms with Crippen LogP contribution in [0.2, 0.25) is 5.02 Å². The van der Waals surface area contributed by atoms with Crippen molar-refractivity contribution in [2.75, 3.05) is 37.6 Å². The Hall–Kier alpha value is -4.23. The molecule has 4 aromatic rings. The maximum Gasteiger partial charge on any atom is 0.254 e. The number of halogens is 1. The lowest BCUT2D eigenvalue weighted by Gasteiger charge is -2.37. The summed E-state index contributed by atoms with van der Waals surface area (Å²) >= 11 is 6.30. The number of benzene rings is 3. The van der Waals surface area contributed by atoms with E-state index in [9.17, 15) is 9.59 Å². The van der Waals surface area contributed by atoms with Gasteiger partial charge in [0.05, 0.1) is 16.8 Å². The molecule has 0 N–H and O–H groups in total. The zero-order valence-electron chi connectivity index (χ0n) is 22.7. The van der Waals surface area contributed by atoms with Crippen LogP contribution in [-0.4, -0.2) is 64.5 Å². The summed E-state index contributed by atoms with van der Waals surface area (Å²) in [5, 5.41) is 9.43. The van der Waals surface area contributed by atoms with Crippen LogP contribution in [0.4, 0.5) is 5.82 Å². The molecule has 2 amide bonds. The van der Waals surface area contributed by atoms with Crippen LogP contribution in [-0.2, 0) is 4.79 Å². The highest BCUT2D eigenvalue weighted by molar-refractivity contribution is 6.33. The molecule has 1 saturated heterocycles. The largest absolute Gasteiger partial charge is 0.352 e.